The lowest BCUT2D eigenvalue weighted by Gasteiger charge is -2.17. The van der Waals surface area contributed by atoms with Gasteiger partial charge in [0.25, 0.3) is 0 Å². The van der Waals surface area contributed by atoms with Crippen LogP contribution in [0.15, 0.2) is 54.9 Å². The third-order valence-corrected chi connectivity index (χ3v) is 2.67. The van der Waals surface area contributed by atoms with Crippen molar-refractivity contribution in [3.8, 4) is 0 Å². The molecule has 5 nitrogen and oxygen atoms in total. The molecule has 0 unspecified atom stereocenters. The summed E-state index contributed by atoms with van der Waals surface area (Å²) in [6.45, 7) is 0.942. The van der Waals surface area contributed by atoms with Gasteiger partial charge in [-0.15, -0.1) is 10.2 Å². The van der Waals surface area contributed by atoms with Crippen molar-refractivity contribution in [2.45, 2.75) is 6.54 Å². The number of rotatable bonds is 2. The number of hydrogen-bond acceptors (Lipinski definition) is 4. The second-order valence-electron chi connectivity index (χ2n) is 3.56. The highest BCUT2D eigenvalue weighted by molar-refractivity contribution is 14.1. The van der Waals surface area contributed by atoms with Crippen LogP contribution >= 0.6 is 22.6 Å². The number of pyridine rings is 1. The van der Waals surface area contributed by atoms with Gasteiger partial charge < -0.3 is 0 Å². The van der Waals surface area contributed by atoms with Crippen LogP contribution in [0.3, 0.4) is 0 Å². The molecule has 0 aliphatic rings. The average Bonchev–Trinajstić information content (AvgIpc) is 2.28. The van der Waals surface area contributed by atoms with E-state index in [0.29, 0.717) is 0 Å². The molecule has 0 saturated carbocycles. The van der Waals surface area contributed by atoms with Gasteiger partial charge in [-0.05, 0) is 28.7 Å². The summed E-state index contributed by atoms with van der Waals surface area (Å²) >= 11 is 2.33. The third kappa shape index (κ3) is 8.87. The number of aromatic nitrogens is 1. The summed E-state index contributed by atoms with van der Waals surface area (Å²) in [5.74, 6) is 0. The van der Waals surface area contributed by atoms with E-state index in [1.54, 1.807) is 0 Å². The highest BCUT2D eigenvalue weighted by Crippen LogP contribution is 2.00. The lowest BCUT2D eigenvalue weighted by molar-refractivity contribution is -2.00. The smallest absolute Gasteiger partial charge is 0.182 e. The molecule has 0 aliphatic carbocycles. The highest BCUT2D eigenvalue weighted by atomic mass is 127. The van der Waals surface area contributed by atoms with Gasteiger partial charge in [0.05, 0.1) is 3.57 Å². The molecule has 0 saturated heterocycles. The Morgan fingerprint density at radius 1 is 0.947 bits per heavy atom. The van der Waals surface area contributed by atoms with E-state index in [9.17, 15) is 0 Å². The molecule has 0 radical (unpaired) electrons. The SMILES string of the molecule is Ic1ccc[n+](Cc2ccccc2)c1.[O-][Cl+3]([O-])([O-])[O-]. The average molecular weight is 396 g/mol. The minimum atomic E-state index is -4.94. The number of benzene rings is 1. The quantitative estimate of drug-likeness (QED) is 0.429. The minimum Gasteiger partial charge on any atom is -0.222 e. The molecule has 1 aromatic heterocycles. The molecule has 0 fully saturated rings. The first kappa shape index (κ1) is 16.3. The van der Waals surface area contributed by atoms with Crippen LogP contribution in [-0.2, 0) is 6.54 Å². The Hall–Kier alpha value is -0.770. The van der Waals surface area contributed by atoms with Gasteiger partial charge in [-0.25, -0.2) is 18.6 Å². The van der Waals surface area contributed by atoms with Gasteiger partial charge in [-0.2, -0.15) is 4.57 Å². The summed E-state index contributed by atoms with van der Waals surface area (Å²) in [7, 11) is -4.94. The molecule has 7 heteroatoms. The summed E-state index contributed by atoms with van der Waals surface area (Å²) < 4.78 is 37.4. The van der Waals surface area contributed by atoms with E-state index in [4.69, 9.17) is 18.6 Å². The van der Waals surface area contributed by atoms with Crippen LogP contribution in [0.4, 0.5) is 0 Å². The second kappa shape index (κ2) is 7.73. The fraction of sp³-hybridized carbons (Fsp3) is 0.0833. The predicted molar refractivity (Wildman–Crippen MR) is 64.9 cm³/mol. The number of nitrogens with zero attached hydrogens (tertiary/aromatic N) is 1. The van der Waals surface area contributed by atoms with Crippen LogP contribution in [0.2, 0.25) is 0 Å². The molecule has 0 amide bonds. The van der Waals surface area contributed by atoms with Crippen LogP contribution in [0.5, 0.6) is 0 Å². The van der Waals surface area contributed by atoms with E-state index in [0.717, 1.165) is 6.54 Å². The maximum absolute atomic E-state index is 8.49. The van der Waals surface area contributed by atoms with Gasteiger partial charge in [-0.3, -0.25) is 0 Å². The Balaban J connectivity index is 0.000000312. The van der Waals surface area contributed by atoms with Crippen molar-refractivity contribution < 1.29 is 33.4 Å². The van der Waals surface area contributed by atoms with Gasteiger partial charge in [0.2, 0.25) is 0 Å². The van der Waals surface area contributed by atoms with E-state index in [1.807, 2.05) is 6.07 Å². The largest absolute Gasteiger partial charge is 0.222 e. The lowest BCUT2D eigenvalue weighted by atomic mass is 10.2. The maximum Gasteiger partial charge on any atom is 0.182 e. The van der Waals surface area contributed by atoms with Gasteiger partial charge in [0.15, 0.2) is 18.9 Å². The Labute approximate surface area is 126 Å². The summed E-state index contributed by atoms with van der Waals surface area (Å²) in [6.07, 6.45) is 4.24. The van der Waals surface area contributed by atoms with Crippen molar-refractivity contribution in [1.29, 1.82) is 0 Å². The van der Waals surface area contributed by atoms with Gasteiger partial charge in [-0.1, -0.05) is 30.3 Å². The van der Waals surface area contributed by atoms with Gasteiger partial charge in [0, 0.05) is 11.6 Å². The van der Waals surface area contributed by atoms with Gasteiger partial charge >= 0.3 is 0 Å². The molecule has 2 rings (SSSR count). The Morgan fingerprint density at radius 3 is 2.05 bits per heavy atom. The predicted octanol–water partition coefficient (Wildman–Crippen LogP) is -2.13. The molecule has 0 aliphatic heterocycles. The molecule has 2 aromatic rings. The van der Waals surface area contributed by atoms with Crippen molar-refractivity contribution in [3.63, 3.8) is 0 Å². The fourth-order valence-electron chi connectivity index (χ4n) is 1.38. The third-order valence-electron chi connectivity index (χ3n) is 2.03. The first-order valence-corrected chi connectivity index (χ1v) is 7.46. The van der Waals surface area contributed by atoms with E-state index < -0.39 is 10.2 Å². The normalized spacial score (nSPS) is 10.6. The zero-order valence-corrected chi connectivity index (χ0v) is 12.7. The highest BCUT2D eigenvalue weighted by Gasteiger charge is 2.01. The zero-order chi connectivity index (χ0) is 14.3. The van der Waals surface area contributed by atoms with Crippen LogP contribution in [0.25, 0.3) is 0 Å². The molecule has 0 spiro atoms. The van der Waals surface area contributed by atoms with E-state index in [1.165, 1.54) is 9.13 Å². The van der Waals surface area contributed by atoms with Crippen LogP contribution in [0.1, 0.15) is 5.56 Å². The van der Waals surface area contributed by atoms with Crippen molar-refractivity contribution >= 4 is 22.6 Å². The topological polar surface area (TPSA) is 96.1 Å². The maximum atomic E-state index is 8.49. The second-order valence-corrected chi connectivity index (χ2v) is 5.56. The van der Waals surface area contributed by atoms with Crippen LogP contribution < -0.4 is 23.2 Å². The molecular formula is C12H11ClINO4. The monoisotopic (exact) mass is 395 g/mol. The molecule has 19 heavy (non-hydrogen) atoms. The van der Waals surface area contributed by atoms with Crippen LogP contribution in [-0.4, -0.2) is 0 Å². The molecule has 0 N–H and O–H groups in total. The minimum absolute atomic E-state index is 0.942. The van der Waals surface area contributed by atoms with E-state index in [2.05, 4.69) is 75.9 Å². The Bertz CT molecular complexity index is 499. The lowest BCUT2D eigenvalue weighted by Crippen LogP contribution is -2.68. The summed E-state index contributed by atoms with van der Waals surface area (Å²) in [4.78, 5) is 0. The van der Waals surface area contributed by atoms with E-state index >= 15 is 0 Å². The number of hydrogen-bond donors (Lipinski definition) is 0. The number of halogens is 2. The molecule has 1 heterocycles. The van der Waals surface area contributed by atoms with Crippen molar-refractivity contribution in [3.05, 3.63) is 64.0 Å². The Kier molecular flexibility index (Phi) is 6.63. The van der Waals surface area contributed by atoms with E-state index in [-0.39, 0.29) is 0 Å². The molecule has 1 aromatic carbocycles. The van der Waals surface area contributed by atoms with Gasteiger partial charge in [0.1, 0.15) is 0 Å². The summed E-state index contributed by atoms with van der Waals surface area (Å²) in [5, 5.41) is 0. The zero-order valence-electron chi connectivity index (χ0n) is 9.74. The molecule has 0 bridgehead atoms. The van der Waals surface area contributed by atoms with Crippen molar-refractivity contribution in [1.82, 2.24) is 0 Å². The molecule has 102 valence electrons. The first-order chi connectivity index (χ1) is 8.84. The molecule has 0 atom stereocenters. The fourth-order valence-corrected chi connectivity index (χ4v) is 1.95. The van der Waals surface area contributed by atoms with Crippen molar-refractivity contribution in [2.24, 2.45) is 0 Å². The molecular weight excluding hydrogens is 384 g/mol. The first-order valence-electron chi connectivity index (χ1n) is 5.15. The van der Waals surface area contributed by atoms with Crippen molar-refractivity contribution in [2.75, 3.05) is 0 Å². The summed E-state index contributed by atoms with van der Waals surface area (Å²) in [5.41, 5.74) is 1.33. The van der Waals surface area contributed by atoms with Crippen LogP contribution in [0, 0.1) is 13.8 Å². The Morgan fingerprint density at radius 2 is 1.53 bits per heavy atom. The standard InChI is InChI=1S/C12H11IN.ClHO4/c13-12-7-4-8-14(10-12)9-11-5-2-1-3-6-11;2-1(3,4)5/h1-8,10H,9H2;(H,2,3,4,5)/q+1;/p-1. The summed E-state index contributed by atoms with van der Waals surface area (Å²) in [6, 6.07) is 14.7.